The van der Waals surface area contributed by atoms with Crippen molar-refractivity contribution in [3.63, 3.8) is 0 Å². The molecule has 0 aliphatic carbocycles. The number of fused-ring (bicyclic) bond motifs is 3. The number of rotatable bonds is 6. The molecule has 7 aromatic rings. The van der Waals surface area contributed by atoms with Gasteiger partial charge < -0.3 is 9.40 Å². The third-order valence-electron chi connectivity index (χ3n) is 8.91. The first-order chi connectivity index (χ1) is 24.4. The minimum absolute atomic E-state index is 0. The summed E-state index contributed by atoms with van der Waals surface area (Å²) in [7, 11) is 0. The molecule has 0 atom stereocenters. The third-order valence-corrected chi connectivity index (χ3v) is 13.1. The van der Waals surface area contributed by atoms with Crippen molar-refractivity contribution in [3.05, 3.63) is 150 Å². The van der Waals surface area contributed by atoms with Gasteiger partial charge in [-0.3, -0.25) is 0 Å². The van der Waals surface area contributed by atoms with Gasteiger partial charge in [0.2, 0.25) is 0 Å². The molecule has 0 aliphatic heterocycles. The number of pyridine rings is 2. The van der Waals surface area contributed by atoms with Crippen molar-refractivity contribution >= 4 is 39.6 Å². The van der Waals surface area contributed by atoms with E-state index >= 15 is 0 Å². The van der Waals surface area contributed by atoms with Crippen LogP contribution < -0.4 is 4.40 Å². The van der Waals surface area contributed by atoms with Crippen LogP contribution in [0.15, 0.2) is 120 Å². The molecule has 0 spiro atoms. The summed E-state index contributed by atoms with van der Waals surface area (Å²) in [5, 5.41) is 2.22. The van der Waals surface area contributed by atoms with Gasteiger partial charge in [-0.2, -0.15) is 0 Å². The summed E-state index contributed by atoms with van der Waals surface area (Å²) in [6, 6.07) is 40.1. The summed E-state index contributed by atoms with van der Waals surface area (Å²) in [4.78, 5) is 9.22. The van der Waals surface area contributed by atoms with Crippen molar-refractivity contribution in [2.24, 2.45) is 0 Å². The van der Waals surface area contributed by atoms with Crippen LogP contribution in [0.1, 0.15) is 61.3 Å². The number of furan rings is 1. The second-order valence-corrected chi connectivity index (χ2v) is 24.5. The predicted molar refractivity (Wildman–Crippen MR) is 205 cm³/mol. The third kappa shape index (κ3) is 7.83. The SMILES string of the molecule is CC(C)(c1ccccc1)c1ccnc(-c2[c-]ccc3c2oc2ccccc23)c1.[2H]C([2H])([2H])c1c[c-]c(-c2cc(C([2H])(C)C)[c]([Ge]([CH3])([CH3])[CH3])cn2)cc1.[Ir]. The van der Waals surface area contributed by atoms with Crippen molar-refractivity contribution in [3.8, 4) is 22.5 Å². The molecule has 0 fully saturated rings. The number of nitrogens with zero attached hydrogens (tertiary/aromatic N) is 2. The van der Waals surface area contributed by atoms with Crippen LogP contribution in [0, 0.1) is 19.0 Å². The molecule has 0 saturated carbocycles. The number of para-hydroxylation sites is 1. The summed E-state index contributed by atoms with van der Waals surface area (Å²) < 4.78 is 38.2. The van der Waals surface area contributed by atoms with Crippen molar-refractivity contribution in [2.75, 3.05) is 0 Å². The molecule has 0 unspecified atom stereocenters. The first-order valence-corrected chi connectivity index (χ1v) is 23.7. The quantitative estimate of drug-likeness (QED) is 0.123. The number of aromatic nitrogens is 2. The molecule has 0 aliphatic rings. The van der Waals surface area contributed by atoms with Gasteiger partial charge in [0.1, 0.15) is 5.58 Å². The fourth-order valence-electron chi connectivity index (χ4n) is 6.06. The summed E-state index contributed by atoms with van der Waals surface area (Å²) in [6.45, 7) is 6.15. The van der Waals surface area contributed by atoms with Crippen molar-refractivity contribution < 1.29 is 30.0 Å². The van der Waals surface area contributed by atoms with Gasteiger partial charge in [0.25, 0.3) is 0 Å². The predicted octanol–water partition coefficient (Wildman–Crippen LogP) is 11.3. The molecule has 1 radical (unpaired) electrons. The fourth-order valence-corrected chi connectivity index (χ4v) is 9.38. The van der Waals surface area contributed by atoms with E-state index in [4.69, 9.17) is 9.90 Å². The maximum Gasteiger partial charge on any atom is 0 e. The molecule has 5 heteroatoms. The van der Waals surface area contributed by atoms with Crippen LogP contribution >= 0.6 is 0 Å². The van der Waals surface area contributed by atoms with Gasteiger partial charge in [-0.25, -0.2) is 0 Å². The van der Waals surface area contributed by atoms with Crippen LogP contribution in [0.25, 0.3) is 44.5 Å². The zero-order chi connectivity index (χ0) is 37.5. The molecule has 4 aromatic carbocycles. The van der Waals surface area contributed by atoms with Crippen molar-refractivity contribution in [1.29, 1.82) is 0 Å². The molecular weight excluding hydrogens is 837 g/mol. The van der Waals surface area contributed by atoms with Crippen LogP contribution in [-0.2, 0) is 25.5 Å². The Balaban J connectivity index is 0.000000203. The largest absolute Gasteiger partial charge is 0 e. The van der Waals surface area contributed by atoms with Crippen LogP contribution in [0.2, 0.25) is 17.3 Å². The molecular formula is C44H44GeIrN2O-2. The van der Waals surface area contributed by atoms with Crippen LogP contribution in [0.5, 0.6) is 0 Å². The van der Waals surface area contributed by atoms with E-state index in [0.29, 0.717) is 0 Å². The molecule has 3 nitrogen and oxygen atoms in total. The molecule has 251 valence electrons. The van der Waals surface area contributed by atoms with E-state index in [1.165, 1.54) is 21.6 Å². The molecule has 49 heavy (non-hydrogen) atoms. The second-order valence-electron chi connectivity index (χ2n) is 14.0. The topological polar surface area (TPSA) is 38.9 Å². The fraction of sp³-hybridized carbons (Fsp3) is 0.227. The maximum absolute atomic E-state index is 8.49. The van der Waals surface area contributed by atoms with Crippen LogP contribution in [0.4, 0.5) is 0 Å². The molecule has 0 bridgehead atoms. The van der Waals surface area contributed by atoms with Crippen LogP contribution in [0.3, 0.4) is 0 Å². The van der Waals surface area contributed by atoms with E-state index in [1.54, 1.807) is 12.1 Å². The maximum atomic E-state index is 8.49. The molecule has 0 amide bonds. The number of hydrogen-bond donors (Lipinski definition) is 0. The molecule has 0 N–H and O–H groups in total. The molecule has 3 heterocycles. The summed E-state index contributed by atoms with van der Waals surface area (Å²) in [5.74, 6) is 6.18. The summed E-state index contributed by atoms with van der Waals surface area (Å²) >= 11 is -2.14. The van der Waals surface area contributed by atoms with E-state index < -0.39 is 26.0 Å². The van der Waals surface area contributed by atoms with Gasteiger partial charge in [-0.1, -0.05) is 79.4 Å². The van der Waals surface area contributed by atoms with Gasteiger partial charge in [0.15, 0.2) is 0 Å². The van der Waals surface area contributed by atoms with Gasteiger partial charge in [0, 0.05) is 37.1 Å². The Morgan fingerprint density at radius 2 is 1.57 bits per heavy atom. The summed E-state index contributed by atoms with van der Waals surface area (Å²) in [5.41, 5.74) is 8.64. The Morgan fingerprint density at radius 3 is 2.27 bits per heavy atom. The summed E-state index contributed by atoms with van der Waals surface area (Å²) in [6.07, 6.45) is 3.79. The zero-order valence-electron chi connectivity index (χ0n) is 33.1. The Labute approximate surface area is 313 Å². The molecule has 7 rings (SSSR count). The first kappa shape index (κ1) is 31.2. The van der Waals surface area contributed by atoms with Crippen LogP contribution in [-0.4, -0.2) is 23.2 Å². The minimum atomic E-state index is -2.14. The number of hydrogen-bond acceptors (Lipinski definition) is 3. The number of aryl methyl sites for hydroxylation is 1. The van der Waals surface area contributed by atoms with E-state index in [1.807, 2.05) is 56.6 Å². The molecule has 0 saturated heterocycles. The minimum Gasteiger partial charge on any atom is 0 e. The van der Waals surface area contributed by atoms with Gasteiger partial charge >= 0.3 is 131 Å². The van der Waals surface area contributed by atoms with E-state index in [9.17, 15) is 0 Å². The first-order valence-electron chi connectivity index (χ1n) is 18.3. The van der Waals surface area contributed by atoms with Crippen molar-refractivity contribution in [1.82, 2.24) is 9.97 Å². The Morgan fingerprint density at radius 1 is 0.816 bits per heavy atom. The van der Waals surface area contributed by atoms with Gasteiger partial charge in [-0.05, 0) is 29.0 Å². The number of benzene rings is 4. The Kier molecular flexibility index (Phi) is 9.52. The monoisotopic (exact) mass is 887 g/mol. The zero-order valence-corrected chi connectivity index (χ0v) is 33.6. The normalized spacial score (nSPS) is 13.4. The van der Waals surface area contributed by atoms with Crippen molar-refractivity contribution in [2.45, 2.75) is 63.1 Å². The Hall–Kier alpha value is -3.83. The molecule has 3 aromatic heterocycles. The second kappa shape index (κ2) is 15.0. The average molecular weight is 886 g/mol. The van der Waals surface area contributed by atoms with Gasteiger partial charge in [0.05, 0.1) is 5.58 Å². The van der Waals surface area contributed by atoms with E-state index in [-0.39, 0.29) is 31.1 Å². The average Bonchev–Trinajstić information content (AvgIpc) is 3.50. The van der Waals surface area contributed by atoms with E-state index in [0.717, 1.165) is 50.0 Å². The standard InChI is InChI=1S/C26H20NO.C18H24GeN.Ir/c1-26(2,18-9-4-3-5-10-18)19-15-16-27-23(17-19)22-13-8-12-21-20-11-6-7-14-24(20)28-25(21)22;1-13(2)16-11-18(15-9-7-14(3)8-10-15)20-12-17(16)19(4,5)6;/h3-12,14-17H,1-2H3;7-9,11-13H,1-6H3;/q2*-1;/i;3D3,13D;. The van der Waals surface area contributed by atoms with E-state index in [2.05, 4.69) is 108 Å². The van der Waals surface area contributed by atoms with Gasteiger partial charge in [-0.15, -0.1) is 18.2 Å². The smallest absolute Gasteiger partial charge is 0 e. The Bertz CT molecular complexity index is 2340.